The molecule has 0 saturated carbocycles. The van der Waals surface area contributed by atoms with Gasteiger partial charge in [0.1, 0.15) is 13.3 Å². The summed E-state index contributed by atoms with van der Waals surface area (Å²) in [7, 11) is 1.75. The first-order chi connectivity index (χ1) is 10.5. The van der Waals surface area contributed by atoms with E-state index in [9.17, 15) is 18.9 Å². The van der Waals surface area contributed by atoms with Crippen LogP contribution in [-0.2, 0) is 9.53 Å². The van der Waals surface area contributed by atoms with Crippen molar-refractivity contribution in [2.75, 3.05) is 33.4 Å². The molecule has 0 saturated heterocycles. The van der Waals surface area contributed by atoms with Crippen LogP contribution in [0.15, 0.2) is 27.2 Å². The first-order valence-corrected chi connectivity index (χ1v) is 7.46. The number of halogens is 2. The van der Waals surface area contributed by atoms with Crippen LogP contribution in [0.1, 0.15) is 0 Å². The van der Waals surface area contributed by atoms with E-state index < -0.39 is 31.3 Å². The Morgan fingerprint density at radius 2 is 2.32 bits per heavy atom. The van der Waals surface area contributed by atoms with Crippen LogP contribution in [0.5, 0.6) is 0 Å². The number of hydrogen-bond donors (Lipinski definition) is 1. The number of esters is 1. The second-order valence-electron chi connectivity index (χ2n) is 4.25. The Labute approximate surface area is 140 Å². The van der Waals surface area contributed by atoms with Gasteiger partial charge in [0.05, 0.1) is 18.4 Å². The number of alkyl halides is 1. The summed E-state index contributed by atoms with van der Waals surface area (Å²) in [6, 6.07) is -1.35. The van der Waals surface area contributed by atoms with Crippen LogP contribution in [0.3, 0.4) is 0 Å². The van der Waals surface area contributed by atoms with Crippen molar-refractivity contribution in [1.82, 2.24) is 15.2 Å². The number of carbonyl (C=O) groups is 2. The standard InChI is InChI=1S/C12H16FIN4O4/c1-17-6-2-3-9(14)10(17)11(19)22-8-5-15-12(20)18(16-21)7-4-13/h2-3,6,10H,4-5,7-8H2,1H3,(H,15,20). The van der Waals surface area contributed by atoms with Crippen molar-refractivity contribution in [2.45, 2.75) is 6.04 Å². The molecule has 1 atom stereocenters. The zero-order chi connectivity index (χ0) is 16.5. The van der Waals surface area contributed by atoms with Crippen LogP contribution in [0, 0.1) is 4.91 Å². The largest absolute Gasteiger partial charge is 0.462 e. The maximum Gasteiger partial charge on any atom is 0.340 e. The van der Waals surface area contributed by atoms with Gasteiger partial charge in [-0.25, -0.2) is 14.0 Å². The molecular formula is C12H16FIN4O4. The molecule has 1 heterocycles. The summed E-state index contributed by atoms with van der Waals surface area (Å²) in [4.78, 5) is 35.4. The molecule has 0 bridgehead atoms. The van der Waals surface area contributed by atoms with E-state index in [0.717, 1.165) is 3.58 Å². The first kappa shape index (κ1) is 18.3. The smallest absolute Gasteiger partial charge is 0.340 e. The molecule has 0 fully saturated rings. The Morgan fingerprint density at radius 1 is 1.59 bits per heavy atom. The molecule has 0 spiro atoms. The van der Waals surface area contributed by atoms with Crippen molar-refractivity contribution in [3.63, 3.8) is 0 Å². The number of nitrogens with one attached hydrogen (secondary N) is 1. The number of nitroso groups, excluding NO2 is 1. The number of rotatable bonds is 7. The Bertz CT molecular complexity index is 486. The zero-order valence-electron chi connectivity index (χ0n) is 11.9. The summed E-state index contributed by atoms with van der Waals surface area (Å²) in [5.41, 5.74) is 0. The second kappa shape index (κ2) is 9.33. The van der Waals surface area contributed by atoms with Crippen molar-refractivity contribution in [3.8, 4) is 0 Å². The fourth-order valence-corrected chi connectivity index (χ4v) is 2.56. The van der Waals surface area contributed by atoms with Gasteiger partial charge in [-0.05, 0) is 40.9 Å². The summed E-state index contributed by atoms with van der Waals surface area (Å²) in [5.74, 6) is -0.448. The molecule has 1 N–H and O–H groups in total. The van der Waals surface area contributed by atoms with Crippen LogP contribution in [-0.4, -0.2) is 61.4 Å². The Morgan fingerprint density at radius 3 is 2.91 bits per heavy atom. The molecule has 8 nitrogen and oxygen atoms in total. The van der Waals surface area contributed by atoms with E-state index in [4.69, 9.17) is 4.74 Å². The molecule has 22 heavy (non-hydrogen) atoms. The van der Waals surface area contributed by atoms with Crippen LogP contribution in [0.2, 0.25) is 0 Å². The fourth-order valence-electron chi connectivity index (χ4n) is 1.66. The lowest BCUT2D eigenvalue weighted by Gasteiger charge is -2.27. The van der Waals surface area contributed by atoms with Gasteiger partial charge in [-0.15, -0.1) is 4.91 Å². The van der Waals surface area contributed by atoms with Gasteiger partial charge in [-0.2, -0.15) is 5.01 Å². The molecule has 122 valence electrons. The van der Waals surface area contributed by atoms with Crippen LogP contribution >= 0.6 is 22.6 Å². The van der Waals surface area contributed by atoms with Gasteiger partial charge in [-0.1, -0.05) is 0 Å². The monoisotopic (exact) mass is 426 g/mol. The highest BCUT2D eigenvalue weighted by Crippen LogP contribution is 2.21. The van der Waals surface area contributed by atoms with Gasteiger partial charge < -0.3 is 15.0 Å². The molecule has 1 rings (SSSR count). The topological polar surface area (TPSA) is 91.3 Å². The van der Waals surface area contributed by atoms with E-state index in [1.807, 2.05) is 6.08 Å². The molecule has 0 aromatic carbocycles. The average molecular weight is 426 g/mol. The van der Waals surface area contributed by atoms with E-state index in [-0.39, 0.29) is 13.2 Å². The van der Waals surface area contributed by atoms with E-state index >= 15 is 0 Å². The van der Waals surface area contributed by atoms with Crippen molar-refractivity contribution in [3.05, 3.63) is 26.8 Å². The number of nitrogens with zero attached hydrogens (tertiary/aromatic N) is 3. The lowest BCUT2D eigenvalue weighted by molar-refractivity contribution is -0.146. The predicted octanol–water partition coefficient (Wildman–Crippen LogP) is 1.34. The number of hydrogen-bond acceptors (Lipinski definition) is 6. The molecule has 0 aromatic heterocycles. The van der Waals surface area contributed by atoms with Crippen molar-refractivity contribution >= 4 is 34.6 Å². The van der Waals surface area contributed by atoms with Gasteiger partial charge in [0.2, 0.25) is 0 Å². The minimum atomic E-state index is -0.875. The molecule has 10 heteroatoms. The van der Waals surface area contributed by atoms with Gasteiger partial charge in [0, 0.05) is 10.6 Å². The number of allylic oxidation sites excluding steroid dienone is 2. The molecule has 0 radical (unpaired) electrons. The SMILES string of the molecule is CN1C=CC=C(I)C1C(=O)OCCNC(=O)N(CCF)N=O. The number of urea groups is 1. The third-order valence-electron chi connectivity index (χ3n) is 2.72. The van der Waals surface area contributed by atoms with Gasteiger partial charge in [-0.3, -0.25) is 0 Å². The van der Waals surface area contributed by atoms with Crippen LogP contribution in [0.4, 0.5) is 9.18 Å². The summed E-state index contributed by atoms with van der Waals surface area (Å²) >= 11 is 2.05. The van der Waals surface area contributed by atoms with Crippen molar-refractivity contribution < 1.29 is 18.7 Å². The molecule has 1 aliphatic rings. The number of carbonyl (C=O) groups excluding carboxylic acids is 2. The zero-order valence-corrected chi connectivity index (χ0v) is 14.0. The minimum absolute atomic E-state index is 0.00452. The number of likely N-dealkylation sites (N-methyl/N-ethyl adjacent to an activating group) is 1. The quantitative estimate of drug-likeness (QED) is 0.218. The fraction of sp³-hybridized carbons (Fsp3) is 0.500. The first-order valence-electron chi connectivity index (χ1n) is 6.38. The van der Waals surface area contributed by atoms with Gasteiger partial charge in [0.15, 0.2) is 6.04 Å². The Kier molecular flexibility index (Phi) is 7.77. The highest BCUT2D eigenvalue weighted by molar-refractivity contribution is 14.1. The summed E-state index contributed by atoms with van der Waals surface area (Å²) in [5, 5.41) is 5.11. The highest BCUT2D eigenvalue weighted by Gasteiger charge is 2.27. The molecule has 0 aliphatic carbocycles. The maximum absolute atomic E-state index is 12.1. The lowest BCUT2D eigenvalue weighted by atomic mass is 10.2. The molecular weight excluding hydrogens is 410 g/mol. The normalized spacial score (nSPS) is 16.8. The average Bonchev–Trinajstić information content (AvgIpc) is 2.48. The maximum atomic E-state index is 12.1. The van der Waals surface area contributed by atoms with Crippen molar-refractivity contribution in [1.29, 1.82) is 0 Å². The van der Waals surface area contributed by atoms with Crippen LogP contribution in [0.25, 0.3) is 0 Å². The molecule has 0 aromatic rings. The van der Waals surface area contributed by atoms with Crippen LogP contribution < -0.4 is 5.32 Å². The molecule has 2 amide bonds. The number of ether oxygens (including phenoxy) is 1. The van der Waals surface area contributed by atoms with Gasteiger partial charge in [0.25, 0.3) is 0 Å². The molecule has 1 aliphatic heterocycles. The van der Waals surface area contributed by atoms with Crippen molar-refractivity contribution in [2.24, 2.45) is 5.29 Å². The van der Waals surface area contributed by atoms with E-state index in [1.165, 1.54) is 0 Å². The van der Waals surface area contributed by atoms with E-state index in [0.29, 0.717) is 5.01 Å². The number of amides is 2. The summed E-state index contributed by atoms with van der Waals surface area (Å²) in [6.45, 7) is -1.36. The van der Waals surface area contributed by atoms with E-state index in [2.05, 4.69) is 33.2 Å². The Balaban J connectivity index is 2.34. The highest BCUT2D eigenvalue weighted by atomic mass is 127. The lowest BCUT2D eigenvalue weighted by Crippen LogP contribution is -2.41. The third-order valence-corrected chi connectivity index (χ3v) is 3.67. The minimum Gasteiger partial charge on any atom is -0.462 e. The van der Waals surface area contributed by atoms with E-state index in [1.54, 1.807) is 24.2 Å². The van der Waals surface area contributed by atoms with Gasteiger partial charge >= 0.3 is 12.0 Å². The predicted molar refractivity (Wildman–Crippen MR) is 85.6 cm³/mol. The summed E-state index contributed by atoms with van der Waals surface area (Å²) < 4.78 is 17.9. The summed E-state index contributed by atoms with van der Waals surface area (Å²) in [6.07, 6.45) is 5.37. The second-order valence-corrected chi connectivity index (χ2v) is 5.50. The Hall–Kier alpha value is -1.72. The third kappa shape index (κ3) is 5.24. The molecule has 1 unspecified atom stereocenters.